The van der Waals surface area contributed by atoms with Gasteiger partial charge < -0.3 is 15.4 Å². The molecule has 0 aliphatic heterocycles. The summed E-state index contributed by atoms with van der Waals surface area (Å²) in [5, 5.41) is 18.8. The number of imidazole rings is 1. The van der Waals surface area contributed by atoms with E-state index in [-0.39, 0.29) is 17.6 Å². The molecule has 1 fully saturated rings. The Bertz CT molecular complexity index is 1420. The number of nitrogens with zero attached hydrogens (tertiary/aromatic N) is 4. The first-order valence-electron chi connectivity index (χ1n) is 9.53. The Hall–Kier alpha value is -3.59. The van der Waals surface area contributed by atoms with E-state index in [1.54, 1.807) is 22.9 Å². The van der Waals surface area contributed by atoms with E-state index in [2.05, 4.69) is 25.4 Å². The lowest BCUT2D eigenvalue weighted by atomic mass is 9.94. The van der Waals surface area contributed by atoms with E-state index < -0.39 is 5.69 Å². The number of nitrogens with one attached hydrogen (secondary N) is 3. The molecule has 3 heterocycles. The number of hydrogen-bond donors (Lipinski definition) is 4. The number of aromatic hydroxyl groups is 1. The fourth-order valence-electron chi connectivity index (χ4n) is 3.29. The molecule has 0 unspecified atom stereocenters. The van der Waals surface area contributed by atoms with Gasteiger partial charge in [0.05, 0.1) is 12.2 Å². The second-order valence-corrected chi connectivity index (χ2v) is 7.61. The van der Waals surface area contributed by atoms with Crippen molar-refractivity contribution < 1.29 is 5.11 Å². The van der Waals surface area contributed by atoms with E-state index in [9.17, 15) is 9.90 Å². The third-order valence-electron chi connectivity index (χ3n) is 5.00. The van der Waals surface area contributed by atoms with Crippen LogP contribution in [0.5, 0.6) is 5.88 Å². The van der Waals surface area contributed by atoms with E-state index in [4.69, 9.17) is 16.6 Å². The number of aromatic amines is 2. The van der Waals surface area contributed by atoms with Crippen LogP contribution in [0.25, 0.3) is 11.7 Å². The van der Waals surface area contributed by atoms with Crippen LogP contribution in [0.1, 0.15) is 25.0 Å². The van der Waals surface area contributed by atoms with Gasteiger partial charge in [-0.2, -0.15) is 9.61 Å². The second-order valence-electron chi connectivity index (χ2n) is 7.17. The summed E-state index contributed by atoms with van der Waals surface area (Å²) >= 11 is 6.09. The number of rotatable bonds is 4. The number of benzene rings is 1. The molecule has 1 aliphatic rings. The van der Waals surface area contributed by atoms with Crippen LogP contribution < -0.4 is 21.7 Å². The predicted molar refractivity (Wildman–Crippen MR) is 113 cm³/mol. The molecular weight excluding hydrogens is 406 g/mol. The van der Waals surface area contributed by atoms with Gasteiger partial charge in [0.25, 0.3) is 0 Å². The van der Waals surface area contributed by atoms with E-state index in [0.29, 0.717) is 27.2 Å². The van der Waals surface area contributed by atoms with Crippen LogP contribution in [0.2, 0.25) is 5.02 Å². The monoisotopic (exact) mass is 423 g/mol. The standard InChI is InChI=1S/C20H18ClN7O2/c21-12-3-1-6-14(8-12)23-16-9-17(24-13-4-2-5-13)28-18(26-16)11(10-22-28)7-15-19(29)27-20(30)25-15/h1,3,6-10,13,23,29H,2,4-5H2,(H2,25,27,30)/b11-7-,24-17?. The van der Waals surface area contributed by atoms with Gasteiger partial charge in [-0.3, -0.25) is 9.98 Å². The van der Waals surface area contributed by atoms with Crippen molar-refractivity contribution in [3.63, 3.8) is 0 Å². The largest absolute Gasteiger partial charge is 0.493 e. The van der Waals surface area contributed by atoms with Gasteiger partial charge in [-0.25, -0.2) is 9.78 Å². The minimum Gasteiger partial charge on any atom is -0.493 e. The topological polar surface area (TPSA) is 123 Å². The zero-order valence-corrected chi connectivity index (χ0v) is 16.5. The number of hydrogen-bond acceptors (Lipinski definition) is 6. The molecule has 4 N–H and O–H groups in total. The fourth-order valence-corrected chi connectivity index (χ4v) is 3.48. The van der Waals surface area contributed by atoms with Gasteiger partial charge in [0, 0.05) is 22.0 Å². The highest BCUT2D eigenvalue weighted by atomic mass is 35.5. The normalized spacial score (nSPS) is 15.6. The highest BCUT2D eigenvalue weighted by Gasteiger charge is 2.16. The van der Waals surface area contributed by atoms with E-state index in [1.165, 1.54) is 6.42 Å². The summed E-state index contributed by atoms with van der Waals surface area (Å²) in [5.41, 5.74) is 1.78. The Balaban J connectivity index is 1.68. The van der Waals surface area contributed by atoms with Crippen molar-refractivity contribution >= 4 is 34.8 Å². The van der Waals surface area contributed by atoms with Crippen molar-refractivity contribution in [3.05, 3.63) is 68.4 Å². The van der Waals surface area contributed by atoms with Crippen LogP contribution in [0.15, 0.2) is 46.3 Å². The Kier molecular flexibility index (Phi) is 4.51. The minimum absolute atomic E-state index is 0.244. The zero-order chi connectivity index (χ0) is 20.7. The summed E-state index contributed by atoms with van der Waals surface area (Å²) in [5.74, 6) is 0.344. The zero-order valence-electron chi connectivity index (χ0n) is 15.8. The summed E-state index contributed by atoms with van der Waals surface area (Å²) in [6.45, 7) is 0. The number of anilines is 2. The van der Waals surface area contributed by atoms with Crippen molar-refractivity contribution in [2.75, 3.05) is 5.32 Å². The highest BCUT2D eigenvalue weighted by Crippen LogP contribution is 2.22. The summed E-state index contributed by atoms with van der Waals surface area (Å²) in [6, 6.07) is 9.48. The Morgan fingerprint density at radius 1 is 1.30 bits per heavy atom. The van der Waals surface area contributed by atoms with Crippen molar-refractivity contribution in [3.8, 4) is 5.88 Å². The van der Waals surface area contributed by atoms with Gasteiger partial charge in [0.1, 0.15) is 11.5 Å². The maximum absolute atomic E-state index is 11.4. The number of aromatic nitrogens is 5. The van der Waals surface area contributed by atoms with E-state index >= 15 is 0 Å². The van der Waals surface area contributed by atoms with Gasteiger partial charge in [-0.05, 0) is 43.5 Å². The van der Waals surface area contributed by atoms with Crippen molar-refractivity contribution in [2.24, 2.45) is 4.99 Å². The summed E-state index contributed by atoms with van der Waals surface area (Å²) in [4.78, 5) is 25.8. The molecule has 4 aromatic rings. The molecule has 0 spiro atoms. The van der Waals surface area contributed by atoms with E-state index in [1.807, 2.05) is 24.3 Å². The first-order chi connectivity index (χ1) is 14.5. The molecule has 5 rings (SSSR count). The lowest BCUT2D eigenvalue weighted by Gasteiger charge is -2.20. The molecule has 1 aliphatic carbocycles. The molecule has 0 atom stereocenters. The summed E-state index contributed by atoms with van der Waals surface area (Å²) in [7, 11) is 0. The molecule has 9 nitrogen and oxygen atoms in total. The Labute approximate surface area is 174 Å². The quantitative estimate of drug-likeness (QED) is 0.399. The van der Waals surface area contributed by atoms with Crippen LogP contribution in [-0.2, 0) is 0 Å². The molecule has 0 radical (unpaired) electrons. The summed E-state index contributed by atoms with van der Waals surface area (Å²) in [6.07, 6.45) is 6.52. The molecule has 0 amide bonds. The first kappa shape index (κ1) is 18.4. The van der Waals surface area contributed by atoms with Crippen LogP contribution in [0.3, 0.4) is 0 Å². The van der Waals surface area contributed by atoms with Crippen molar-refractivity contribution in [1.29, 1.82) is 0 Å². The molecule has 1 aromatic carbocycles. The van der Waals surface area contributed by atoms with Gasteiger partial charge in [-0.15, -0.1) is 0 Å². The summed E-state index contributed by atoms with van der Waals surface area (Å²) < 4.78 is 1.66. The molecule has 1 saturated carbocycles. The van der Waals surface area contributed by atoms with Gasteiger partial charge in [-0.1, -0.05) is 17.7 Å². The molecule has 152 valence electrons. The Morgan fingerprint density at radius 3 is 2.87 bits per heavy atom. The van der Waals surface area contributed by atoms with E-state index in [0.717, 1.165) is 18.5 Å². The van der Waals surface area contributed by atoms with Crippen LogP contribution >= 0.6 is 11.6 Å². The molecule has 10 heteroatoms. The molecular formula is C20H18ClN7O2. The average Bonchev–Trinajstić information content (AvgIpc) is 3.21. The van der Waals surface area contributed by atoms with Crippen molar-refractivity contribution in [1.82, 2.24) is 24.6 Å². The van der Waals surface area contributed by atoms with Crippen LogP contribution in [0.4, 0.5) is 11.5 Å². The molecule has 0 bridgehead atoms. The minimum atomic E-state index is -0.493. The third kappa shape index (κ3) is 3.55. The second kappa shape index (κ2) is 7.34. The average molecular weight is 424 g/mol. The van der Waals surface area contributed by atoms with Gasteiger partial charge >= 0.3 is 5.69 Å². The molecule has 30 heavy (non-hydrogen) atoms. The number of halogens is 1. The highest BCUT2D eigenvalue weighted by molar-refractivity contribution is 6.30. The number of H-pyrrole nitrogens is 2. The molecule has 3 aromatic heterocycles. The number of fused-ring (bicyclic) bond motifs is 1. The predicted octanol–water partition coefficient (Wildman–Crippen LogP) is 1.85. The third-order valence-corrected chi connectivity index (χ3v) is 5.24. The van der Waals surface area contributed by atoms with Crippen molar-refractivity contribution in [2.45, 2.75) is 25.3 Å². The first-order valence-corrected chi connectivity index (χ1v) is 9.91. The SMILES string of the molecule is O=c1[nH]c(O)c(/C=c2/cnn3c(=NC4CCC4)cc(Nc4cccc(Cl)c4)nc23)[nH]1. The van der Waals surface area contributed by atoms with Gasteiger partial charge in [0.2, 0.25) is 5.88 Å². The maximum Gasteiger partial charge on any atom is 0.326 e. The lowest BCUT2D eigenvalue weighted by molar-refractivity contribution is 0.409. The van der Waals surface area contributed by atoms with Crippen LogP contribution in [0, 0.1) is 0 Å². The maximum atomic E-state index is 11.4. The van der Waals surface area contributed by atoms with Crippen LogP contribution in [-0.4, -0.2) is 35.7 Å². The van der Waals surface area contributed by atoms with Gasteiger partial charge in [0.15, 0.2) is 11.1 Å². The lowest BCUT2D eigenvalue weighted by Crippen LogP contribution is -2.25. The molecule has 0 saturated heterocycles. The smallest absolute Gasteiger partial charge is 0.326 e. The fraction of sp³-hybridized carbons (Fsp3) is 0.200. The Morgan fingerprint density at radius 2 is 2.17 bits per heavy atom.